The fourth-order valence-corrected chi connectivity index (χ4v) is 4.53. The van der Waals surface area contributed by atoms with E-state index in [1.165, 1.54) is 5.56 Å². The van der Waals surface area contributed by atoms with Crippen LogP contribution in [0.1, 0.15) is 59.9 Å². The van der Waals surface area contributed by atoms with Gasteiger partial charge in [0.1, 0.15) is 5.75 Å². The number of ether oxygens (including phenoxy) is 1. The third-order valence-electron chi connectivity index (χ3n) is 6.04. The SMILES string of the molecule is COc1ccccc1Cc1c(=O)[nH]c(=O)[nH]c1[C@H]1CC[C@H](c2ccccc2)CC1. The molecule has 1 heterocycles. The molecule has 0 amide bonds. The number of nitrogens with one attached hydrogen (secondary N) is 2. The highest BCUT2D eigenvalue weighted by Crippen LogP contribution is 2.40. The summed E-state index contributed by atoms with van der Waals surface area (Å²) < 4.78 is 5.45. The molecule has 2 aromatic carbocycles. The molecule has 1 saturated carbocycles. The van der Waals surface area contributed by atoms with E-state index in [-0.39, 0.29) is 11.5 Å². The predicted octanol–water partition coefficient (Wildman–Crippen LogP) is 4.10. The second kappa shape index (κ2) is 8.52. The number of aromatic nitrogens is 2. The van der Waals surface area contributed by atoms with E-state index < -0.39 is 5.69 Å². The third kappa shape index (κ3) is 4.19. The van der Waals surface area contributed by atoms with Crippen molar-refractivity contribution in [1.29, 1.82) is 0 Å². The summed E-state index contributed by atoms with van der Waals surface area (Å²) in [6.07, 6.45) is 4.45. The Kier molecular flexibility index (Phi) is 5.65. The molecule has 1 aliphatic carbocycles. The van der Waals surface area contributed by atoms with Crippen molar-refractivity contribution in [3.63, 3.8) is 0 Å². The second-order valence-electron chi connectivity index (χ2n) is 7.75. The molecule has 1 fully saturated rings. The predicted molar refractivity (Wildman–Crippen MR) is 114 cm³/mol. The molecule has 0 aliphatic heterocycles. The highest BCUT2D eigenvalue weighted by Gasteiger charge is 2.27. The van der Waals surface area contributed by atoms with Crippen LogP contribution in [0.25, 0.3) is 0 Å². The van der Waals surface area contributed by atoms with E-state index in [1.807, 2.05) is 30.3 Å². The van der Waals surface area contributed by atoms with Crippen LogP contribution in [0, 0.1) is 0 Å². The van der Waals surface area contributed by atoms with E-state index in [0.29, 0.717) is 17.9 Å². The summed E-state index contributed by atoms with van der Waals surface area (Å²) in [5.41, 5.74) is 3.00. The lowest BCUT2D eigenvalue weighted by molar-refractivity contribution is 0.388. The standard InChI is InChI=1S/C24H26N2O3/c1-29-21-10-6-5-9-19(21)15-20-22(25-24(28)26-23(20)27)18-13-11-17(12-14-18)16-7-3-2-4-8-16/h2-10,17-18H,11-15H2,1H3,(H2,25,26,27,28)/t17-,18-. The zero-order chi connectivity index (χ0) is 20.2. The van der Waals surface area contributed by atoms with Crippen LogP contribution in [0.3, 0.4) is 0 Å². The van der Waals surface area contributed by atoms with Crippen molar-refractivity contribution in [2.45, 2.75) is 43.9 Å². The molecule has 3 aromatic rings. The van der Waals surface area contributed by atoms with Crippen molar-refractivity contribution in [3.8, 4) is 5.75 Å². The maximum atomic E-state index is 12.7. The second-order valence-corrected chi connectivity index (χ2v) is 7.75. The van der Waals surface area contributed by atoms with Crippen LogP contribution in [0.15, 0.2) is 64.2 Å². The fraction of sp³-hybridized carbons (Fsp3) is 0.333. The van der Waals surface area contributed by atoms with E-state index in [1.54, 1.807) is 7.11 Å². The first kappa shape index (κ1) is 19.2. The summed E-state index contributed by atoms with van der Waals surface area (Å²) >= 11 is 0. The van der Waals surface area contributed by atoms with Crippen molar-refractivity contribution in [1.82, 2.24) is 9.97 Å². The number of hydrogen-bond donors (Lipinski definition) is 2. The molecule has 1 aliphatic rings. The van der Waals surface area contributed by atoms with E-state index in [0.717, 1.165) is 42.7 Å². The number of aromatic amines is 2. The van der Waals surface area contributed by atoms with Gasteiger partial charge in [0, 0.05) is 17.7 Å². The zero-order valence-electron chi connectivity index (χ0n) is 16.6. The lowest BCUT2D eigenvalue weighted by Crippen LogP contribution is -2.30. The van der Waals surface area contributed by atoms with Crippen LogP contribution in [0.5, 0.6) is 5.75 Å². The van der Waals surface area contributed by atoms with E-state index in [9.17, 15) is 9.59 Å². The molecular formula is C24H26N2O3. The first-order valence-electron chi connectivity index (χ1n) is 10.2. The van der Waals surface area contributed by atoms with Crippen molar-refractivity contribution in [2.75, 3.05) is 7.11 Å². The first-order valence-corrected chi connectivity index (χ1v) is 10.2. The van der Waals surface area contributed by atoms with Gasteiger partial charge in [-0.05, 0) is 54.7 Å². The molecule has 0 atom stereocenters. The number of rotatable bonds is 5. The summed E-state index contributed by atoms with van der Waals surface area (Å²) in [6.45, 7) is 0. The number of methoxy groups -OCH3 is 1. The highest BCUT2D eigenvalue weighted by molar-refractivity contribution is 5.38. The number of hydrogen-bond acceptors (Lipinski definition) is 3. The Morgan fingerprint density at radius 2 is 1.52 bits per heavy atom. The Morgan fingerprint density at radius 1 is 0.862 bits per heavy atom. The number of benzene rings is 2. The normalized spacial score (nSPS) is 19.1. The maximum Gasteiger partial charge on any atom is 0.325 e. The molecule has 0 saturated heterocycles. The summed E-state index contributed by atoms with van der Waals surface area (Å²) in [6, 6.07) is 18.3. The summed E-state index contributed by atoms with van der Waals surface area (Å²) in [5, 5.41) is 0. The topological polar surface area (TPSA) is 75.0 Å². The molecule has 2 N–H and O–H groups in total. The van der Waals surface area contributed by atoms with Crippen LogP contribution in [0.4, 0.5) is 0 Å². The lowest BCUT2D eigenvalue weighted by Gasteiger charge is -2.29. The first-order chi connectivity index (χ1) is 14.2. The van der Waals surface area contributed by atoms with E-state index in [2.05, 4.69) is 34.2 Å². The number of H-pyrrole nitrogens is 2. The smallest absolute Gasteiger partial charge is 0.325 e. The molecule has 0 unspecified atom stereocenters. The zero-order valence-corrected chi connectivity index (χ0v) is 16.6. The minimum Gasteiger partial charge on any atom is -0.496 e. The molecule has 29 heavy (non-hydrogen) atoms. The van der Waals surface area contributed by atoms with E-state index >= 15 is 0 Å². The molecule has 5 heteroatoms. The van der Waals surface area contributed by atoms with Gasteiger partial charge in [-0.3, -0.25) is 9.78 Å². The van der Waals surface area contributed by atoms with Crippen molar-refractivity contribution in [2.24, 2.45) is 0 Å². The molecule has 0 radical (unpaired) electrons. The Hall–Kier alpha value is -3.08. The van der Waals surface area contributed by atoms with Crippen molar-refractivity contribution >= 4 is 0 Å². The van der Waals surface area contributed by atoms with Gasteiger partial charge >= 0.3 is 5.69 Å². The Balaban J connectivity index is 1.61. The minimum atomic E-state index is -0.432. The van der Waals surface area contributed by atoms with Gasteiger partial charge in [0.15, 0.2) is 0 Å². The van der Waals surface area contributed by atoms with Gasteiger partial charge in [-0.25, -0.2) is 4.79 Å². The van der Waals surface area contributed by atoms with Gasteiger partial charge < -0.3 is 9.72 Å². The minimum absolute atomic E-state index is 0.190. The molecular weight excluding hydrogens is 364 g/mol. The summed E-state index contributed by atoms with van der Waals surface area (Å²) in [7, 11) is 1.63. The molecule has 5 nitrogen and oxygen atoms in total. The quantitative estimate of drug-likeness (QED) is 0.689. The third-order valence-corrected chi connectivity index (χ3v) is 6.04. The summed E-state index contributed by atoms with van der Waals surface area (Å²) in [4.78, 5) is 30.1. The van der Waals surface area contributed by atoms with Gasteiger partial charge in [0.2, 0.25) is 0 Å². The average Bonchev–Trinajstić information content (AvgIpc) is 2.76. The van der Waals surface area contributed by atoms with Crippen LogP contribution in [0.2, 0.25) is 0 Å². The molecule has 0 bridgehead atoms. The van der Waals surface area contributed by atoms with Gasteiger partial charge in [0.05, 0.1) is 7.11 Å². The van der Waals surface area contributed by atoms with Crippen LogP contribution >= 0.6 is 0 Å². The molecule has 0 spiro atoms. The van der Waals surface area contributed by atoms with E-state index in [4.69, 9.17) is 4.74 Å². The van der Waals surface area contributed by atoms with Crippen LogP contribution in [-0.4, -0.2) is 17.1 Å². The Morgan fingerprint density at radius 3 is 2.24 bits per heavy atom. The van der Waals surface area contributed by atoms with Crippen LogP contribution < -0.4 is 16.0 Å². The van der Waals surface area contributed by atoms with Crippen molar-refractivity contribution in [3.05, 3.63) is 97.8 Å². The highest BCUT2D eigenvalue weighted by atomic mass is 16.5. The van der Waals surface area contributed by atoms with Crippen molar-refractivity contribution < 1.29 is 4.74 Å². The van der Waals surface area contributed by atoms with Gasteiger partial charge in [-0.2, -0.15) is 0 Å². The Bertz CT molecular complexity index is 1080. The molecule has 4 rings (SSSR count). The summed E-state index contributed by atoms with van der Waals surface area (Å²) in [5.74, 6) is 1.48. The van der Waals surface area contributed by atoms with Crippen LogP contribution in [-0.2, 0) is 6.42 Å². The molecule has 150 valence electrons. The lowest BCUT2D eigenvalue weighted by atomic mass is 9.76. The Labute approximate surface area is 169 Å². The average molecular weight is 390 g/mol. The number of para-hydroxylation sites is 1. The molecule has 1 aromatic heterocycles. The van der Waals surface area contributed by atoms with Gasteiger partial charge in [0.25, 0.3) is 5.56 Å². The van der Waals surface area contributed by atoms with Gasteiger partial charge in [-0.1, -0.05) is 48.5 Å². The monoisotopic (exact) mass is 390 g/mol. The fourth-order valence-electron chi connectivity index (χ4n) is 4.53. The largest absolute Gasteiger partial charge is 0.496 e. The maximum absolute atomic E-state index is 12.7. The van der Waals surface area contributed by atoms with Gasteiger partial charge in [-0.15, -0.1) is 0 Å².